The van der Waals surface area contributed by atoms with E-state index in [1.54, 1.807) is 0 Å². The Kier molecular flexibility index (Phi) is 7.77. The monoisotopic (exact) mass is 414 g/mol. The summed E-state index contributed by atoms with van der Waals surface area (Å²) < 4.78 is 38.1. The van der Waals surface area contributed by atoms with Gasteiger partial charge in [-0.05, 0) is 30.4 Å². The molecule has 0 atom stereocenters. The number of benzene rings is 1. The highest BCUT2D eigenvalue weighted by Gasteiger charge is 2.45. The lowest BCUT2D eigenvalue weighted by atomic mass is 9.83. The van der Waals surface area contributed by atoms with E-state index in [4.69, 9.17) is 0 Å². The molecule has 0 radical (unpaired) electrons. The van der Waals surface area contributed by atoms with Gasteiger partial charge in [0.05, 0.1) is 6.54 Å². The minimum atomic E-state index is -4.14. The van der Waals surface area contributed by atoms with Gasteiger partial charge in [-0.15, -0.1) is 13.2 Å². The van der Waals surface area contributed by atoms with E-state index in [0.29, 0.717) is 25.6 Å². The number of piperazine rings is 1. The second kappa shape index (κ2) is 10.3. The summed E-state index contributed by atoms with van der Waals surface area (Å²) in [6.07, 6.45) is 2.74. The molecule has 0 bridgehead atoms. The van der Waals surface area contributed by atoms with Gasteiger partial charge >= 0.3 is 12.3 Å². The number of anilines is 1. The van der Waals surface area contributed by atoms with Crippen molar-refractivity contribution in [3.63, 3.8) is 0 Å². The van der Waals surface area contributed by atoms with Gasteiger partial charge in [-0.2, -0.15) is 0 Å². The van der Waals surface area contributed by atoms with E-state index >= 15 is 0 Å². The molecule has 1 aliphatic carbocycles. The first-order chi connectivity index (χ1) is 13.9. The van der Waals surface area contributed by atoms with Gasteiger partial charge in [0, 0.05) is 18.7 Å². The van der Waals surface area contributed by atoms with Crippen LogP contribution in [-0.4, -0.2) is 51.6 Å². The third-order valence-electron chi connectivity index (χ3n) is 6.21. The SMILES string of the molecule is O=C(NCCC[NH+]1CC[NH+](C(F)(F)F)CC1)Nc1ccccc1C1CCCCC1. The fourth-order valence-corrected chi connectivity index (χ4v) is 4.53. The van der Waals surface area contributed by atoms with Crippen LogP contribution in [0, 0.1) is 0 Å². The molecule has 29 heavy (non-hydrogen) atoms. The first kappa shape index (κ1) is 21.9. The number of nitrogens with one attached hydrogen (secondary N) is 4. The lowest BCUT2D eigenvalue weighted by Crippen LogP contribution is -3.30. The van der Waals surface area contributed by atoms with Gasteiger partial charge < -0.3 is 15.5 Å². The number of carbonyl (C=O) groups is 1. The maximum Gasteiger partial charge on any atom is 0.559 e. The zero-order valence-corrected chi connectivity index (χ0v) is 16.9. The minimum absolute atomic E-state index is 0.130. The first-order valence-electron chi connectivity index (χ1n) is 10.8. The highest BCUT2D eigenvalue weighted by Crippen LogP contribution is 2.36. The predicted octanol–water partition coefficient (Wildman–Crippen LogP) is 1.55. The van der Waals surface area contributed by atoms with Crippen LogP contribution in [0.3, 0.4) is 0 Å². The van der Waals surface area contributed by atoms with E-state index in [-0.39, 0.29) is 24.0 Å². The number of rotatable bonds is 6. The van der Waals surface area contributed by atoms with Crippen LogP contribution in [0.25, 0.3) is 0 Å². The quantitative estimate of drug-likeness (QED) is 0.414. The second-order valence-electron chi connectivity index (χ2n) is 8.26. The van der Waals surface area contributed by atoms with Crippen molar-refractivity contribution < 1.29 is 27.8 Å². The Labute approximate surface area is 170 Å². The number of hydrogen-bond donors (Lipinski definition) is 4. The lowest BCUT2D eigenvalue weighted by Gasteiger charge is -2.30. The number of para-hydroxylation sites is 1. The molecule has 5 nitrogen and oxygen atoms in total. The maximum atomic E-state index is 12.7. The Hall–Kier alpha value is -1.80. The van der Waals surface area contributed by atoms with Gasteiger partial charge in [0.1, 0.15) is 26.2 Å². The number of halogens is 3. The van der Waals surface area contributed by atoms with E-state index < -0.39 is 6.30 Å². The molecule has 1 saturated carbocycles. The molecule has 1 saturated heterocycles. The standard InChI is InChI=1S/C21H31F3N4O/c22-21(23,24)28-15-13-27(14-16-28)12-6-11-25-20(29)26-19-10-5-4-9-18(19)17-7-2-1-3-8-17/h4-5,9-10,17H,1-3,6-8,11-16H2,(H2,25,26,29)/p+2. The average molecular weight is 415 g/mol. The molecule has 2 fully saturated rings. The van der Waals surface area contributed by atoms with E-state index in [9.17, 15) is 18.0 Å². The largest absolute Gasteiger partial charge is 0.559 e. The van der Waals surface area contributed by atoms with Crippen LogP contribution in [0.5, 0.6) is 0 Å². The van der Waals surface area contributed by atoms with Gasteiger partial charge in [-0.25, -0.2) is 9.69 Å². The Morgan fingerprint density at radius 1 is 1.03 bits per heavy atom. The molecule has 0 aromatic heterocycles. The predicted molar refractivity (Wildman–Crippen MR) is 106 cm³/mol. The zero-order valence-electron chi connectivity index (χ0n) is 16.9. The smallest absolute Gasteiger partial charge is 0.338 e. The first-order valence-corrected chi connectivity index (χ1v) is 10.8. The van der Waals surface area contributed by atoms with Crippen molar-refractivity contribution in [2.45, 2.75) is 50.7 Å². The van der Waals surface area contributed by atoms with Crippen LogP contribution in [0.1, 0.15) is 50.0 Å². The van der Waals surface area contributed by atoms with Crippen molar-refractivity contribution in [1.82, 2.24) is 5.32 Å². The molecule has 1 aromatic rings. The fourth-order valence-electron chi connectivity index (χ4n) is 4.53. The number of urea groups is 1. The van der Waals surface area contributed by atoms with Gasteiger partial charge in [-0.1, -0.05) is 37.5 Å². The second-order valence-corrected chi connectivity index (χ2v) is 8.26. The molecule has 4 N–H and O–H groups in total. The molecule has 8 heteroatoms. The van der Waals surface area contributed by atoms with Gasteiger partial charge in [0.2, 0.25) is 0 Å². The van der Waals surface area contributed by atoms with E-state index in [1.165, 1.54) is 42.6 Å². The van der Waals surface area contributed by atoms with Crippen LogP contribution >= 0.6 is 0 Å². The highest BCUT2D eigenvalue weighted by molar-refractivity contribution is 5.90. The molecule has 2 aliphatic rings. The molecule has 2 amide bonds. The van der Waals surface area contributed by atoms with Gasteiger partial charge in [0.25, 0.3) is 0 Å². The zero-order chi connectivity index (χ0) is 20.7. The highest BCUT2D eigenvalue weighted by atomic mass is 19.4. The van der Waals surface area contributed by atoms with Gasteiger partial charge in [0.15, 0.2) is 0 Å². The summed E-state index contributed by atoms with van der Waals surface area (Å²) in [5, 5.41) is 5.87. The number of carbonyl (C=O) groups excluding carboxylic acids is 1. The molecule has 1 aliphatic heterocycles. The maximum absolute atomic E-state index is 12.7. The van der Waals surface area contributed by atoms with Crippen molar-refractivity contribution in [2.75, 3.05) is 44.6 Å². The Morgan fingerprint density at radius 3 is 2.41 bits per heavy atom. The third-order valence-corrected chi connectivity index (χ3v) is 6.21. The Balaban J connectivity index is 1.37. The van der Waals surface area contributed by atoms with Crippen LogP contribution < -0.4 is 20.4 Å². The van der Waals surface area contributed by atoms with Crippen LogP contribution in [0.4, 0.5) is 23.7 Å². The molecule has 162 valence electrons. The molecular formula is C21H33F3N4O+2. The summed E-state index contributed by atoms with van der Waals surface area (Å²) in [7, 11) is 0. The van der Waals surface area contributed by atoms with E-state index in [2.05, 4.69) is 16.7 Å². The summed E-state index contributed by atoms with van der Waals surface area (Å²) in [5.74, 6) is 0.515. The summed E-state index contributed by atoms with van der Waals surface area (Å²) in [6.45, 7) is 2.61. The summed E-state index contributed by atoms with van der Waals surface area (Å²) in [6, 6.07) is 7.81. The summed E-state index contributed by atoms with van der Waals surface area (Å²) >= 11 is 0. The van der Waals surface area contributed by atoms with Crippen LogP contribution in [0.15, 0.2) is 24.3 Å². The normalized spacial score (nSPS) is 23.6. The van der Waals surface area contributed by atoms with Crippen molar-refractivity contribution in [1.29, 1.82) is 0 Å². The lowest BCUT2D eigenvalue weighted by molar-refractivity contribution is -1.07. The van der Waals surface area contributed by atoms with Crippen LogP contribution in [-0.2, 0) is 0 Å². The molecule has 0 spiro atoms. The molecule has 3 rings (SSSR count). The fraction of sp³-hybridized carbons (Fsp3) is 0.667. The molecule has 1 aromatic carbocycles. The van der Waals surface area contributed by atoms with E-state index in [1.807, 2.05) is 18.2 Å². The number of quaternary nitrogens is 2. The molecular weight excluding hydrogens is 381 g/mol. The topological polar surface area (TPSA) is 50.0 Å². The van der Waals surface area contributed by atoms with E-state index in [0.717, 1.165) is 18.7 Å². The molecule has 1 heterocycles. The number of alkyl halides is 3. The Morgan fingerprint density at radius 2 is 1.72 bits per heavy atom. The number of hydrogen-bond acceptors (Lipinski definition) is 1. The third kappa shape index (κ3) is 6.60. The number of amides is 2. The van der Waals surface area contributed by atoms with Crippen LogP contribution in [0.2, 0.25) is 0 Å². The molecule has 0 unspecified atom stereocenters. The van der Waals surface area contributed by atoms with Crippen molar-refractivity contribution in [3.05, 3.63) is 29.8 Å². The van der Waals surface area contributed by atoms with Crippen molar-refractivity contribution in [3.8, 4) is 0 Å². The van der Waals surface area contributed by atoms with Crippen molar-refractivity contribution >= 4 is 11.7 Å². The minimum Gasteiger partial charge on any atom is -0.338 e. The summed E-state index contributed by atoms with van der Waals surface area (Å²) in [4.78, 5) is 13.2. The Bertz CT molecular complexity index is 654. The van der Waals surface area contributed by atoms with Crippen molar-refractivity contribution in [2.24, 2.45) is 0 Å². The summed E-state index contributed by atoms with van der Waals surface area (Å²) in [5.41, 5.74) is 2.10. The average Bonchev–Trinajstić information content (AvgIpc) is 2.72. The van der Waals surface area contributed by atoms with Gasteiger partial charge in [-0.3, -0.25) is 0 Å².